The second-order valence-corrected chi connectivity index (χ2v) is 7.94. The van der Waals surface area contributed by atoms with Crippen molar-refractivity contribution in [3.05, 3.63) is 59.4 Å². The van der Waals surface area contributed by atoms with Crippen LogP contribution in [0, 0.1) is 18.2 Å². The summed E-state index contributed by atoms with van der Waals surface area (Å²) in [5.74, 6) is -0.726. The monoisotopic (exact) mass is 384 g/mol. The van der Waals surface area contributed by atoms with Gasteiger partial charge in [-0.2, -0.15) is 0 Å². The molecule has 3 rings (SSSR count). The summed E-state index contributed by atoms with van der Waals surface area (Å²) in [7, 11) is 1.45. The first kappa shape index (κ1) is 20.0. The number of aryl methyl sites for hydroxylation is 1. The fourth-order valence-electron chi connectivity index (χ4n) is 3.76. The summed E-state index contributed by atoms with van der Waals surface area (Å²) in [6.07, 6.45) is 0.681. The van der Waals surface area contributed by atoms with Gasteiger partial charge in [0.15, 0.2) is 0 Å². The molecule has 0 aliphatic heterocycles. The number of benzene rings is 2. The Hall–Kier alpha value is -2.73. The predicted molar refractivity (Wildman–Crippen MR) is 107 cm³/mol. The van der Waals surface area contributed by atoms with E-state index in [1.807, 2.05) is 26.8 Å². The quantitative estimate of drug-likeness (QED) is 0.790. The molecule has 1 aliphatic rings. The van der Waals surface area contributed by atoms with E-state index in [9.17, 15) is 14.0 Å². The number of rotatable bonds is 6. The van der Waals surface area contributed by atoms with Crippen LogP contribution in [0.1, 0.15) is 31.4 Å². The molecule has 0 radical (unpaired) electrons. The number of nitrogens with one attached hydrogen (secondary N) is 2. The fourth-order valence-corrected chi connectivity index (χ4v) is 3.76. The van der Waals surface area contributed by atoms with Crippen LogP contribution in [0.3, 0.4) is 0 Å². The lowest BCUT2D eigenvalue weighted by Crippen LogP contribution is -2.32. The van der Waals surface area contributed by atoms with Crippen molar-refractivity contribution < 1.29 is 18.7 Å². The third-order valence-corrected chi connectivity index (χ3v) is 5.51. The van der Waals surface area contributed by atoms with Crippen molar-refractivity contribution in [2.45, 2.75) is 32.6 Å². The highest BCUT2D eigenvalue weighted by molar-refractivity contribution is 6.03. The maximum atomic E-state index is 13.3. The lowest BCUT2D eigenvalue weighted by Gasteiger charge is -2.22. The molecule has 0 heterocycles. The Labute approximate surface area is 164 Å². The van der Waals surface area contributed by atoms with Crippen LogP contribution in [0.25, 0.3) is 0 Å². The van der Waals surface area contributed by atoms with E-state index in [2.05, 4.69) is 10.6 Å². The van der Waals surface area contributed by atoms with Crippen LogP contribution < -0.4 is 10.6 Å². The van der Waals surface area contributed by atoms with Gasteiger partial charge in [0.1, 0.15) is 12.4 Å². The number of amides is 2. The Morgan fingerprint density at radius 3 is 2.32 bits per heavy atom. The predicted octanol–water partition coefficient (Wildman–Crippen LogP) is 4.03. The molecule has 2 aromatic rings. The molecular weight excluding hydrogens is 359 g/mol. The van der Waals surface area contributed by atoms with Crippen LogP contribution >= 0.6 is 0 Å². The summed E-state index contributed by atoms with van der Waals surface area (Å²) in [4.78, 5) is 25.0. The van der Waals surface area contributed by atoms with E-state index >= 15 is 0 Å². The molecule has 1 fully saturated rings. The summed E-state index contributed by atoms with van der Waals surface area (Å²) < 4.78 is 18.2. The Bertz CT molecular complexity index is 908. The standard InChI is InChI=1S/C22H25FN2O3/c1-14-5-10-17(24-19(26)12-28-4)11-18(14)25-20(27)22(13-21(22,2)3)15-6-8-16(23)9-7-15/h5-11H,12-13H2,1-4H3,(H,24,26)(H,25,27). The topological polar surface area (TPSA) is 67.4 Å². The van der Waals surface area contributed by atoms with Gasteiger partial charge in [0.25, 0.3) is 0 Å². The van der Waals surface area contributed by atoms with Crippen molar-refractivity contribution >= 4 is 23.2 Å². The minimum atomic E-state index is -0.706. The normalized spacial score (nSPS) is 19.8. The van der Waals surface area contributed by atoms with Gasteiger partial charge in [0, 0.05) is 18.5 Å². The minimum absolute atomic E-state index is 0.0442. The summed E-state index contributed by atoms with van der Waals surface area (Å²) in [6, 6.07) is 11.5. The van der Waals surface area contributed by atoms with Gasteiger partial charge < -0.3 is 15.4 Å². The maximum Gasteiger partial charge on any atom is 0.250 e. The summed E-state index contributed by atoms with van der Waals surface area (Å²) in [6.45, 7) is 5.91. The molecule has 0 spiro atoms. The van der Waals surface area contributed by atoms with Crippen molar-refractivity contribution in [1.29, 1.82) is 0 Å². The Morgan fingerprint density at radius 1 is 1.11 bits per heavy atom. The molecular formula is C22H25FN2O3. The number of methoxy groups -OCH3 is 1. The van der Waals surface area contributed by atoms with Crippen LogP contribution in [0.5, 0.6) is 0 Å². The number of carbonyl (C=O) groups excluding carboxylic acids is 2. The summed E-state index contributed by atoms with van der Waals surface area (Å²) in [5.41, 5.74) is 1.96. The largest absolute Gasteiger partial charge is 0.375 e. The zero-order chi connectivity index (χ0) is 20.5. The lowest BCUT2D eigenvalue weighted by atomic mass is 9.87. The van der Waals surface area contributed by atoms with E-state index < -0.39 is 5.41 Å². The first-order valence-electron chi connectivity index (χ1n) is 9.16. The third-order valence-electron chi connectivity index (χ3n) is 5.51. The molecule has 2 N–H and O–H groups in total. The van der Waals surface area contributed by atoms with Gasteiger partial charge in [-0.15, -0.1) is 0 Å². The molecule has 0 saturated heterocycles. The van der Waals surface area contributed by atoms with Crippen molar-refractivity contribution in [2.24, 2.45) is 5.41 Å². The third kappa shape index (κ3) is 3.64. The zero-order valence-corrected chi connectivity index (χ0v) is 16.6. The van der Waals surface area contributed by atoms with Gasteiger partial charge in [-0.3, -0.25) is 9.59 Å². The zero-order valence-electron chi connectivity index (χ0n) is 16.6. The molecule has 0 aromatic heterocycles. The van der Waals surface area contributed by atoms with Crippen LogP contribution in [-0.2, 0) is 19.7 Å². The number of halogens is 1. The minimum Gasteiger partial charge on any atom is -0.375 e. The first-order chi connectivity index (χ1) is 13.2. The second kappa shape index (κ2) is 7.36. The molecule has 0 bridgehead atoms. The molecule has 1 unspecified atom stereocenters. The van der Waals surface area contributed by atoms with E-state index in [1.165, 1.54) is 19.2 Å². The molecule has 2 aromatic carbocycles. The number of anilines is 2. The molecule has 5 nitrogen and oxygen atoms in total. The van der Waals surface area contributed by atoms with Crippen LogP contribution in [0.15, 0.2) is 42.5 Å². The van der Waals surface area contributed by atoms with Crippen molar-refractivity contribution in [2.75, 3.05) is 24.4 Å². The van der Waals surface area contributed by atoms with Gasteiger partial charge in [-0.25, -0.2) is 4.39 Å². The first-order valence-corrected chi connectivity index (χ1v) is 9.16. The van der Waals surface area contributed by atoms with Gasteiger partial charge >= 0.3 is 0 Å². The Kier molecular flexibility index (Phi) is 5.26. The average molecular weight is 384 g/mol. The molecule has 6 heteroatoms. The summed E-state index contributed by atoms with van der Waals surface area (Å²) >= 11 is 0. The van der Waals surface area contributed by atoms with Crippen molar-refractivity contribution in [3.63, 3.8) is 0 Å². The molecule has 2 amide bonds. The number of carbonyl (C=O) groups is 2. The Morgan fingerprint density at radius 2 is 1.75 bits per heavy atom. The van der Waals surface area contributed by atoms with E-state index in [4.69, 9.17) is 4.74 Å². The van der Waals surface area contributed by atoms with Crippen molar-refractivity contribution in [3.8, 4) is 0 Å². The molecule has 148 valence electrons. The van der Waals surface area contributed by atoms with Crippen molar-refractivity contribution in [1.82, 2.24) is 0 Å². The number of ether oxygens (including phenoxy) is 1. The fraction of sp³-hybridized carbons (Fsp3) is 0.364. The highest BCUT2D eigenvalue weighted by atomic mass is 19.1. The second-order valence-electron chi connectivity index (χ2n) is 7.94. The molecule has 1 aliphatic carbocycles. The highest BCUT2D eigenvalue weighted by Gasteiger charge is 2.67. The number of hydrogen-bond donors (Lipinski definition) is 2. The van der Waals surface area contributed by atoms with Crippen LogP contribution in [-0.4, -0.2) is 25.5 Å². The van der Waals surface area contributed by atoms with E-state index in [1.54, 1.807) is 24.3 Å². The van der Waals surface area contributed by atoms with Gasteiger partial charge in [0.2, 0.25) is 11.8 Å². The SMILES string of the molecule is COCC(=O)Nc1ccc(C)c(NC(=O)C2(c3ccc(F)cc3)CC2(C)C)c1. The molecule has 1 atom stereocenters. The maximum absolute atomic E-state index is 13.3. The van der Waals surface area contributed by atoms with E-state index in [0.29, 0.717) is 17.8 Å². The smallest absolute Gasteiger partial charge is 0.250 e. The van der Waals surface area contributed by atoms with Gasteiger partial charge in [-0.1, -0.05) is 32.0 Å². The van der Waals surface area contributed by atoms with E-state index in [0.717, 1.165) is 11.1 Å². The molecule has 1 saturated carbocycles. The van der Waals surface area contributed by atoms with Gasteiger partial charge in [-0.05, 0) is 54.2 Å². The molecule has 28 heavy (non-hydrogen) atoms. The average Bonchev–Trinajstić information content (AvgIpc) is 3.22. The van der Waals surface area contributed by atoms with Gasteiger partial charge in [0.05, 0.1) is 5.41 Å². The highest BCUT2D eigenvalue weighted by Crippen LogP contribution is 2.64. The lowest BCUT2D eigenvalue weighted by molar-refractivity contribution is -0.120. The number of hydrogen-bond acceptors (Lipinski definition) is 3. The van der Waals surface area contributed by atoms with Crippen LogP contribution in [0.4, 0.5) is 15.8 Å². The Balaban J connectivity index is 1.85. The van der Waals surface area contributed by atoms with Crippen LogP contribution in [0.2, 0.25) is 0 Å². The van der Waals surface area contributed by atoms with E-state index in [-0.39, 0.29) is 29.7 Å². The summed E-state index contributed by atoms with van der Waals surface area (Å²) in [5, 5.41) is 5.75.